The van der Waals surface area contributed by atoms with Crippen LogP contribution in [0.3, 0.4) is 0 Å². The molecule has 0 atom stereocenters. The molecule has 1 aliphatic rings. The number of para-hydroxylation sites is 2. The third kappa shape index (κ3) is 1.26. The van der Waals surface area contributed by atoms with Gasteiger partial charge in [-0.05, 0) is 12.1 Å². The van der Waals surface area contributed by atoms with E-state index in [1.165, 1.54) is 0 Å². The van der Waals surface area contributed by atoms with Gasteiger partial charge in [0.15, 0.2) is 0 Å². The number of benzene rings is 1. The molecule has 3 nitrogen and oxygen atoms in total. The fourth-order valence-electron chi connectivity index (χ4n) is 1.64. The van der Waals surface area contributed by atoms with E-state index in [9.17, 15) is 4.79 Å². The topological polar surface area (TPSA) is 23.6 Å². The molecule has 0 fully saturated rings. The average molecular weight is 176 g/mol. The van der Waals surface area contributed by atoms with Crippen molar-refractivity contribution >= 4 is 17.8 Å². The molecule has 3 heteroatoms. The van der Waals surface area contributed by atoms with Crippen LogP contribution in [0.2, 0.25) is 0 Å². The Balaban J connectivity index is 2.47. The maximum atomic E-state index is 10.7. The number of likely N-dealkylation sites (N-methyl/N-ethyl adjacent to an activating group) is 1. The molecule has 0 radical (unpaired) electrons. The van der Waals surface area contributed by atoms with Gasteiger partial charge in [0.05, 0.1) is 11.4 Å². The third-order valence-corrected chi connectivity index (χ3v) is 2.41. The molecule has 1 aromatic carbocycles. The van der Waals surface area contributed by atoms with Crippen LogP contribution in [-0.2, 0) is 4.79 Å². The van der Waals surface area contributed by atoms with Crippen molar-refractivity contribution in [1.29, 1.82) is 0 Å². The molecule has 1 amide bonds. The van der Waals surface area contributed by atoms with E-state index in [1.54, 1.807) is 4.90 Å². The summed E-state index contributed by atoms with van der Waals surface area (Å²) >= 11 is 0. The Hall–Kier alpha value is -1.51. The van der Waals surface area contributed by atoms with E-state index in [1.807, 2.05) is 31.3 Å². The quantitative estimate of drug-likeness (QED) is 0.598. The van der Waals surface area contributed by atoms with Crippen molar-refractivity contribution in [2.75, 3.05) is 29.9 Å². The van der Waals surface area contributed by atoms with Gasteiger partial charge in [-0.25, -0.2) is 0 Å². The van der Waals surface area contributed by atoms with E-state index in [2.05, 4.69) is 4.90 Å². The van der Waals surface area contributed by atoms with E-state index in [0.717, 1.165) is 30.9 Å². The molecule has 0 N–H and O–H groups in total. The largest absolute Gasteiger partial charge is 0.371 e. The Kier molecular flexibility index (Phi) is 1.93. The van der Waals surface area contributed by atoms with E-state index < -0.39 is 0 Å². The highest BCUT2D eigenvalue weighted by molar-refractivity contribution is 5.85. The number of fused-ring (bicyclic) bond motifs is 1. The third-order valence-electron chi connectivity index (χ3n) is 2.41. The lowest BCUT2D eigenvalue weighted by atomic mass is 10.2. The Bertz CT molecular complexity index is 324. The molecule has 0 aliphatic carbocycles. The molecule has 13 heavy (non-hydrogen) atoms. The Morgan fingerprint density at radius 1 is 1.23 bits per heavy atom. The second-order valence-corrected chi connectivity index (χ2v) is 3.21. The van der Waals surface area contributed by atoms with Crippen molar-refractivity contribution in [3.63, 3.8) is 0 Å². The molecule has 0 spiro atoms. The van der Waals surface area contributed by atoms with Gasteiger partial charge in [-0.2, -0.15) is 0 Å². The Morgan fingerprint density at radius 3 is 2.62 bits per heavy atom. The molecule has 1 aromatic rings. The summed E-state index contributed by atoms with van der Waals surface area (Å²) in [6.45, 7) is 1.67. The molecule has 68 valence electrons. The highest BCUT2D eigenvalue weighted by Crippen LogP contribution is 2.30. The first-order valence-corrected chi connectivity index (χ1v) is 4.35. The summed E-state index contributed by atoms with van der Waals surface area (Å²) in [6, 6.07) is 7.95. The monoisotopic (exact) mass is 176 g/mol. The van der Waals surface area contributed by atoms with Crippen LogP contribution in [0.4, 0.5) is 11.4 Å². The summed E-state index contributed by atoms with van der Waals surface area (Å²) in [5.41, 5.74) is 2.13. The molecular weight excluding hydrogens is 164 g/mol. The molecule has 0 bridgehead atoms. The number of carbonyl (C=O) groups is 1. The molecule has 0 aromatic heterocycles. The van der Waals surface area contributed by atoms with Gasteiger partial charge in [0.25, 0.3) is 0 Å². The van der Waals surface area contributed by atoms with Crippen LogP contribution >= 0.6 is 0 Å². The number of hydrogen-bond acceptors (Lipinski definition) is 2. The van der Waals surface area contributed by atoms with Crippen molar-refractivity contribution in [2.45, 2.75) is 0 Å². The van der Waals surface area contributed by atoms with Crippen molar-refractivity contribution in [2.24, 2.45) is 0 Å². The number of carbonyl (C=O) groups excluding carboxylic acids is 1. The van der Waals surface area contributed by atoms with Crippen molar-refractivity contribution in [1.82, 2.24) is 0 Å². The highest BCUT2D eigenvalue weighted by atomic mass is 16.1. The SMILES string of the molecule is CN1CCN(C=O)c2ccccc21. The Labute approximate surface area is 77.6 Å². The minimum Gasteiger partial charge on any atom is -0.371 e. The first-order valence-electron chi connectivity index (χ1n) is 4.35. The van der Waals surface area contributed by atoms with Crippen molar-refractivity contribution < 1.29 is 4.79 Å². The number of anilines is 2. The lowest BCUT2D eigenvalue weighted by Gasteiger charge is -2.33. The van der Waals surface area contributed by atoms with Crippen LogP contribution in [0, 0.1) is 0 Å². The predicted octanol–water partition coefficient (Wildman–Crippen LogP) is 1.10. The van der Waals surface area contributed by atoms with Gasteiger partial charge in [-0.3, -0.25) is 4.79 Å². The van der Waals surface area contributed by atoms with Crippen LogP contribution in [0.15, 0.2) is 24.3 Å². The van der Waals surface area contributed by atoms with E-state index in [-0.39, 0.29) is 0 Å². The van der Waals surface area contributed by atoms with Gasteiger partial charge >= 0.3 is 0 Å². The lowest BCUT2D eigenvalue weighted by Crippen LogP contribution is -2.38. The van der Waals surface area contributed by atoms with Crippen LogP contribution in [0.1, 0.15) is 0 Å². The zero-order valence-electron chi connectivity index (χ0n) is 7.60. The second kappa shape index (κ2) is 3.09. The second-order valence-electron chi connectivity index (χ2n) is 3.21. The molecule has 0 saturated carbocycles. The normalized spacial score (nSPS) is 15.5. The summed E-state index contributed by atoms with van der Waals surface area (Å²) in [7, 11) is 2.04. The summed E-state index contributed by atoms with van der Waals surface area (Å²) in [6.07, 6.45) is 0.895. The molecule has 2 rings (SSSR count). The van der Waals surface area contributed by atoms with E-state index in [0.29, 0.717) is 0 Å². The van der Waals surface area contributed by atoms with Gasteiger partial charge in [0.2, 0.25) is 6.41 Å². The van der Waals surface area contributed by atoms with Gasteiger partial charge in [0, 0.05) is 20.1 Å². The minimum atomic E-state index is 0.775. The molecule has 0 unspecified atom stereocenters. The Morgan fingerprint density at radius 2 is 1.92 bits per heavy atom. The molecule has 1 aliphatic heterocycles. The zero-order chi connectivity index (χ0) is 9.26. The summed E-state index contributed by atoms with van der Waals surface area (Å²) in [5, 5.41) is 0. The summed E-state index contributed by atoms with van der Waals surface area (Å²) < 4.78 is 0. The maximum Gasteiger partial charge on any atom is 0.214 e. The van der Waals surface area contributed by atoms with Gasteiger partial charge in [-0.15, -0.1) is 0 Å². The van der Waals surface area contributed by atoms with E-state index in [4.69, 9.17) is 0 Å². The fourth-order valence-corrected chi connectivity index (χ4v) is 1.64. The highest BCUT2D eigenvalue weighted by Gasteiger charge is 2.18. The number of nitrogens with zero attached hydrogens (tertiary/aromatic N) is 2. The standard InChI is InChI=1S/C10H12N2O/c1-11-6-7-12(8-13)10-5-3-2-4-9(10)11/h2-5,8H,6-7H2,1H3. The summed E-state index contributed by atoms with van der Waals surface area (Å²) in [4.78, 5) is 14.6. The van der Waals surface area contributed by atoms with Crippen molar-refractivity contribution in [3.8, 4) is 0 Å². The van der Waals surface area contributed by atoms with Crippen LogP contribution in [0.5, 0.6) is 0 Å². The maximum absolute atomic E-state index is 10.7. The minimum absolute atomic E-state index is 0.775. The lowest BCUT2D eigenvalue weighted by molar-refractivity contribution is -0.107. The van der Waals surface area contributed by atoms with Gasteiger partial charge in [0.1, 0.15) is 0 Å². The molecule has 1 heterocycles. The van der Waals surface area contributed by atoms with Crippen LogP contribution < -0.4 is 9.80 Å². The fraction of sp³-hybridized carbons (Fsp3) is 0.300. The first-order chi connectivity index (χ1) is 6.33. The molecule has 0 saturated heterocycles. The number of hydrogen-bond donors (Lipinski definition) is 0. The van der Waals surface area contributed by atoms with E-state index >= 15 is 0 Å². The average Bonchev–Trinajstić information content (AvgIpc) is 2.19. The number of amides is 1. The van der Waals surface area contributed by atoms with Gasteiger partial charge < -0.3 is 9.80 Å². The van der Waals surface area contributed by atoms with Crippen LogP contribution in [-0.4, -0.2) is 26.5 Å². The smallest absolute Gasteiger partial charge is 0.214 e. The number of rotatable bonds is 1. The zero-order valence-corrected chi connectivity index (χ0v) is 7.60. The summed E-state index contributed by atoms with van der Waals surface area (Å²) in [5.74, 6) is 0. The molecular formula is C10H12N2O. The first kappa shape index (κ1) is 8.10. The van der Waals surface area contributed by atoms with Gasteiger partial charge in [-0.1, -0.05) is 12.1 Å². The van der Waals surface area contributed by atoms with Crippen molar-refractivity contribution in [3.05, 3.63) is 24.3 Å². The van der Waals surface area contributed by atoms with Crippen LogP contribution in [0.25, 0.3) is 0 Å². The predicted molar refractivity (Wildman–Crippen MR) is 53.1 cm³/mol.